The maximum Gasteiger partial charge on any atom is 0.353 e. The maximum atomic E-state index is 6.33. The van der Waals surface area contributed by atoms with E-state index in [1.807, 2.05) is 0 Å². The molecule has 0 aliphatic heterocycles. The molecular weight excluding hydrogens is 371 g/mol. The van der Waals surface area contributed by atoms with Gasteiger partial charge in [0.15, 0.2) is 0 Å². The van der Waals surface area contributed by atoms with Crippen LogP contribution in [0.25, 0.3) is 32.0 Å². The van der Waals surface area contributed by atoms with E-state index in [9.17, 15) is 0 Å². The van der Waals surface area contributed by atoms with Gasteiger partial charge >= 0.3 is 6.00 Å². The minimum Gasteiger partial charge on any atom is -0.147 e. The molecule has 0 aromatic heterocycles. The second-order valence-corrected chi connectivity index (χ2v) is 14.8. The molecule has 22 heavy (non-hydrogen) atoms. The Labute approximate surface area is 148 Å². The number of thiol groups is 1. The normalized spacial score (nSPS) is 18.5. The Kier molecular flexibility index (Phi) is 3.34. The Balaban J connectivity index is 2.27. The summed E-state index contributed by atoms with van der Waals surface area (Å²) < 4.78 is 0. The third-order valence-electron chi connectivity index (χ3n) is 4.35. The van der Waals surface area contributed by atoms with Crippen LogP contribution in [0.3, 0.4) is 0 Å². The van der Waals surface area contributed by atoms with Crippen LogP contribution in [0.1, 0.15) is 5.56 Å². The van der Waals surface area contributed by atoms with E-state index in [2.05, 4.69) is 49.0 Å². The second kappa shape index (κ2) is 4.92. The third-order valence-corrected chi connectivity index (χ3v) is 8.35. The van der Waals surface area contributed by atoms with Crippen molar-refractivity contribution in [2.24, 2.45) is 0 Å². The van der Waals surface area contributed by atoms with Gasteiger partial charge in [0, 0.05) is 0 Å². The lowest BCUT2D eigenvalue weighted by molar-refractivity contribution is 1.40. The first-order valence-corrected chi connectivity index (χ1v) is 12.4. The first-order chi connectivity index (χ1) is 10.4. The summed E-state index contributed by atoms with van der Waals surface area (Å²) in [5.41, 5.74) is 1.64. The lowest BCUT2D eigenvalue weighted by Gasteiger charge is -2.30. The van der Waals surface area contributed by atoms with Crippen molar-refractivity contribution in [2.45, 2.75) is 5.54 Å². The fourth-order valence-electron chi connectivity index (χ4n) is 3.39. The molecule has 110 valence electrons. The molecule has 0 bridgehead atoms. The number of benzene rings is 3. The minimum absolute atomic E-state index is 0.296. The number of halogens is 3. The Morgan fingerprint density at radius 3 is 2.18 bits per heavy atom. The average Bonchev–Trinajstić information content (AvgIpc) is 2.46. The molecule has 1 atom stereocenters. The van der Waals surface area contributed by atoms with Gasteiger partial charge in [-0.15, -0.1) is 45.9 Å². The molecule has 5 heteroatoms. The third kappa shape index (κ3) is 1.98. The highest BCUT2D eigenvalue weighted by molar-refractivity contribution is 7.91. The van der Waals surface area contributed by atoms with Gasteiger partial charge in [-0.1, -0.05) is 49.0 Å². The molecule has 0 spiro atoms. The van der Waals surface area contributed by atoms with Crippen LogP contribution in [0.2, 0.25) is 5.54 Å². The number of hydrogen-bond acceptors (Lipinski definition) is 1. The van der Waals surface area contributed by atoms with Gasteiger partial charge in [-0.25, -0.2) is 0 Å². The van der Waals surface area contributed by atoms with Gasteiger partial charge in [0.25, 0.3) is 0 Å². The van der Waals surface area contributed by atoms with Crippen molar-refractivity contribution in [1.29, 1.82) is 0 Å². The molecule has 3 aromatic carbocycles. The van der Waals surface area contributed by atoms with Crippen LogP contribution in [0.4, 0.5) is 0 Å². The molecule has 1 aliphatic rings. The molecule has 0 fully saturated rings. The van der Waals surface area contributed by atoms with E-state index in [0.29, 0.717) is 0 Å². The SMILES string of the molecule is C=C1c2ccc3cccc4ccc(c2c34)=C(S)C1[Si](Cl)(Cl)Cl. The van der Waals surface area contributed by atoms with Gasteiger partial charge < -0.3 is 0 Å². The predicted octanol–water partition coefficient (Wildman–Crippen LogP) is 5.80. The smallest absolute Gasteiger partial charge is 0.147 e. The van der Waals surface area contributed by atoms with Crippen LogP contribution in [0, 0.1) is 0 Å². The van der Waals surface area contributed by atoms with Crippen LogP contribution < -0.4 is 5.22 Å². The monoisotopic (exact) mass is 380 g/mol. The van der Waals surface area contributed by atoms with Crippen molar-refractivity contribution in [1.82, 2.24) is 0 Å². The Morgan fingerprint density at radius 2 is 1.55 bits per heavy atom. The zero-order chi connectivity index (χ0) is 15.6. The molecule has 0 radical (unpaired) electrons. The van der Waals surface area contributed by atoms with Gasteiger partial charge in [0.1, 0.15) is 0 Å². The maximum absolute atomic E-state index is 6.33. The Morgan fingerprint density at radius 1 is 0.909 bits per heavy atom. The summed E-state index contributed by atoms with van der Waals surface area (Å²) in [6.07, 6.45) is 0. The van der Waals surface area contributed by atoms with Crippen molar-refractivity contribution in [3.05, 3.63) is 59.8 Å². The molecule has 0 amide bonds. The van der Waals surface area contributed by atoms with Crippen molar-refractivity contribution >= 4 is 83.9 Å². The summed E-state index contributed by atoms with van der Waals surface area (Å²) in [4.78, 5) is 0.822. The number of allylic oxidation sites excluding steroid dienone is 1. The Bertz CT molecular complexity index is 988. The van der Waals surface area contributed by atoms with Gasteiger partial charge in [-0.05, 0) is 42.8 Å². The van der Waals surface area contributed by atoms with Gasteiger partial charge in [-0.3, -0.25) is 0 Å². The van der Waals surface area contributed by atoms with Crippen LogP contribution in [-0.2, 0) is 0 Å². The van der Waals surface area contributed by atoms with Crippen molar-refractivity contribution in [2.75, 3.05) is 0 Å². The second-order valence-electron chi connectivity index (χ2n) is 5.57. The standard InChI is InChI=1S/C17H11Cl3SSi/c1-9-12-7-5-10-3-2-4-11-6-8-13(15(12)14(10)11)16(21)17(9)22(18,19)20/h2-8,17,21H,1H2. The molecule has 0 nitrogen and oxygen atoms in total. The largest absolute Gasteiger partial charge is 0.353 e. The van der Waals surface area contributed by atoms with E-state index < -0.39 is 6.00 Å². The van der Waals surface area contributed by atoms with Crippen LogP contribution in [0.5, 0.6) is 0 Å². The molecular formula is C17H11Cl3SSi. The van der Waals surface area contributed by atoms with E-state index in [1.54, 1.807) is 0 Å². The van der Waals surface area contributed by atoms with Crippen LogP contribution in [0.15, 0.2) is 49.0 Å². The van der Waals surface area contributed by atoms with E-state index in [4.69, 9.17) is 45.9 Å². The highest BCUT2D eigenvalue weighted by atomic mass is 35.8. The highest BCUT2D eigenvalue weighted by Crippen LogP contribution is 2.52. The molecule has 3 aromatic rings. The molecule has 0 N–H and O–H groups in total. The molecule has 4 rings (SSSR count). The van der Waals surface area contributed by atoms with E-state index >= 15 is 0 Å². The Hall–Kier alpha value is -0.643. The lowest BCUT2D eigenvalue weighted by atomic mass is 9.87. The lowest BCUT2D eigenvalue weighted by Crippen LogP contribution is -2.27. The minimum atomic E-state index is -3.01. The fraction of sp³-hybridized carbons (Fsp3) is 0.0588. The van der Waals surface area contributed by atoms with Crippen molar-refractivity contribution in [3.63, 3.8) is 0 Å². The van der Waals surface area contributed by atoms with E-state index in [0.717, 1.165) is 21.3 Å². The number of rotatable bonds is 1. The predicted molar refractivity (Wildman–Crippen MR) is 105 cm³/mol. The quantitative estimate of drug-likeness (QED) is 0.307. The fourth-order valence-corrected chi connectivity index (χ4v) is 8.18. The molecule has 0 heterocycles. The first-order valence-electron chi connectivity index (χ1n) is 6.83. The van der Waals surface area contributed by atoms with Crippen LogP contribution >= 0.6 is 45.9 Å². The van der Waals surface area contributed by atoms with Crippen LogP contribution in [-0.4, -0.2) is 6.00 Å². The topological polar surface area (TPSA) is 0 Å². The summed E-state index contributed by atoms with van der Waals surface area (Å²) in [6.45, 7) is 4.22. The number of hydrogen-bond donors (Lipinski definition) is 1. The average molecular weight is 382 g/mol. The van der Waals surface area contributed by atoms with Crippen molar-refractivity contribution < 1.29 is 0 Å². The van der Waals surface area contributed by atoms with E-state index in [-0.39, 0.29) is 5.54 Å². The molecule has 0 saturated carbocycles. The zero-order valence-electron chi connectivity index (χ0n) is 11.4. The summed E-state index contributed by atoms with van der Waals surface area (Å²) in [5.74, 6) is 0. The van der Waals surface area contributed by atoms with Gasteiger partial charge in [0.05, 0.1) is 5.54 Å². The highest BCUT2D eigenvalue weighted by Gasteiger charge is 2.43. The first kappa shape index (κ1) is 14.9. The van der Waals surface area contributed by atoms with Gasteiger partial charge in [-0.2, -0.15) is 0 Å². The summed E-state index contributed by atoms with van der Waals surface area (Å²) in [7, 11) is 0. The zero-order valence-corrected chi connectivity index (χ0v) is 15.6. The summed E-state index contributed by atoms with van der Waals surface area (Å²) in [6, 6.07) is 11.7. The molecule has 1 aliphatic carbocycles. The summed E-state index contributed by atoms with van der Waals surface area (Å²) >= 11 is 23.7. The van der Waals surface area contributed by atoms with Gasteiger partial charge in [0.2, 0.25) is 0 Å². The summed E-state index contributed by atoms with van der Waals surface area (Å²) in [5, 5.41) is 5.87. The molecule has 0 saturated heterocycles. The van der Waals surface area contributed by atoms with E-state index in [1.165, 1.54) is 21.5 Å². The van der Waals surface area contributed by atoms with Crippen molar-refractivity contribution in [3.8, 4) is 0 Å². The molecule has 1 unspecified atom stereocenters.